The van der Waals surface area contributed by atoms with Gasteiger partial charge in [0, 0.05) is 63.9 Å². The highest BCUT2D eigenvalue weighted by atomic mass is 32.2. The minimum Gasteiger partial charge on any atom is -0.496 e. The van der Waals surface area contributed by atoms with Gasteiger partial charge in [-0.2, -0.15) is 0 Å². The summed E-state index contributed by atoms with van der Waals surface area (Å²) in [6.07, 6.45) is 7.91. The first kappa shape index (κ1) is 26.3. The van der Waals surface area contributed by atoms with Gasteiger partial charge in [-0.3, -0.25) is 9.59 Å². The summed E-state index contributed by atoms with van der Waals surface area (Å²) in [4.78, 5) is 26.8. The lowest BCUT2D eigenvalue weighted by atomic mass is 10.1. The topological polar surface area (TPSA) is 97.1 Å². The summed E-state index contributed by atoms with van der Waals surface area (Å²) in [6, 6.07) is 5.41. The Morgan fingerprint density at radius 3 is 2.53 bits per heavy atom. The fraction of sp³-hybridized carbons (Fsp3) is 0.652. The van der Waals surface area contributed by atoms with E-state index in [1.54, 1.807) is 36.2 Å². The maximum absolute atomic E-state index is 12.6. The molecule has 2 aliphatic rings. The second kappa shape index (κ2) is 15.0. The van der Waals surface area contributed by atoms with Gasteiger partial charge in [-0.15, -0.1) is 0 Å². The van der Waals surface area contributed by atoms with Gasteiger partial charge >= 0.3 is 0 Å². The molecule has 180 valence electrons. The molecule has 1 saturated carbocycles. The first-order chi connectivity index (χ1) is 15.6. The van der Waals surface area contributed by atoms with Gasteiger partial charge in [0.25, 0.3) is 5.91 Å². The molecule has 1 aromatic rings. The Morgan fingerprint density at radius 2 is 1.94 bits per heavy atom. The molecule has 0 atom stereocenters. The van der Waals surface area contributed by atoms with E-state index >= 15 is 0 Å². The smallest absolute Gasteiger partial charge is 0.257 e. The van der Waals surface area contributed by atoms with E-state index < -0.39 is 0 Å². The van der Waals surface area contributed by atoms with Gasteiger partial charge in [0.15, 0.2) is 0 Å². The van der Waals surface area contributed by atoms with Crippen molar-refractivity contribution in [1.29, 1.82) is 0 Å². The number of piperazine rings is 1. The number of carbonyl (C=O) groups excluding carboxylic acids is 2. The van der Waals surface area contributed by atoms with Gasteiger partial charge in [-0.1, -0.05) is 37.6 Å². The molecule has 3 N–H and O–H groups in total. The van der Waals surface area contributed by atoms with Crippen molar-refractivity contribution in [2.24, 2.45) is 11.7 Å². The van der Waals surface area contributed by atoms with Crippen molar-refractivity contribution in [2.45, 2.75) is 32.1 Å². The van der Waals surface area contributed by atoms with Crippen molar-refractivity contribution in [1.82, 2.24) is 9.80 Å². The van der Waals surface area contributed by atoms with Gasteiger partial charge in [-0.25, -0.2) is 0 Å². The molecule has 32 heavy (non-hydrogen) atoms. The molecule has 0 unspecified atom stereocenters. The zero-order chi connectivity index (χ0) is 23.2. The Labute approximate surface area is 196 Å². The van der Waals surface area contributed by atoms with Gasteiger partial charge < -0.3 is 29.7 Å². The van der Waals surface area contributed by atoms with Crippen LogP contribution in [0.5, 0.6) is 5.75 Å². The molecule has 0 radical (unpaired) electrons. The molecular formula is C23H38N4O4S. The van der Waals surface area contributed by atoms with E-state index in [4.69, 9.17) is 15.2 Å². The molecule has 9 heteroatoms. The first-order valence-electron chi connectivity index (χ1n) is 11.4. The first-order valence-corrected chi connectivity index (χ1v) is 12.3. The van der Waals surface area contributed by atoms with E-state index in [1.165, 1.54) is 44.1 Å². The number of hydrogen-bond donors (Lipinski definition) is 2. The summed E-state index contributed by atoms with van der Waals surface area (Å²) in [5.74, 6) is 2.24. The van der Waals surface area contributed by atoms with Crippen LogP contribution in [0, 0.1) is 5.92 Å². The summed E-state index contributed by atoms with van der Waals surface area (Å²) < 4.78 is 13.5. The molecule has 8 nitrogen and oxygen atoms in total. The zero-order valence-corrected chi connectivity index (χ0v) is 20.2. The number of methoxy groups -OCH3 is 2. The van der Waals surface area contributed by atoms with Gasteiger partial charge in [0.2, 0.25) is 6.41 Å². The van der Waals surface area contributed by atoms with E-state index in [0.717, 1.165) is 30.4 Å². The minimum absolute atomic E-state index is 0.0754. The second-order valence-corrected chi connectivity index (χ2v) is 8.92. The highest BCUT2D eigenvalue weighted by Gasteiger charge is 2.23. The summed E-state index contributed by atoms with van der Waals surface area (Å²) in [7, 11) is 3.34. The normalized spacial score (nSPS) is 16.3. The third kappa shape index (κ3) is 8.52. The largest absolute Gasteiger partial charge is 0.496 e. The fourth-order valence-corrected chi connectivity index (χ4v) is 4.42. The van der Waals surface area contributed by atoms with Crippen LogP contribution in [-0.2, 0) is 9.53 Å². The van der Waals surface area contributed by atoms with Gasteiger partial charge in [0.1, 0.15) is 5.75 Å². The lowest BCUT2D eigenvalue weighted by Crippen LogP contribution is -2.48. The van der Waals surface area contributed by atoms with Crippen LogP contribution < -0.4 is 15.2 Å². The standard InChI is InChI=1S/C15H22N4O3S.C8H16O/c1-22-14-10-12(17-23-9-4-16)2-3-13(14)15(21)19-7-5-18(11-20)6-8-19;1-9-7-6-8-4-2-3-5-8/h2-3,10-11,17H,4-9,16H2,1H3;8H,2-7H2,1H3. The molecule has 0 aromatic heterocycles. The zero-order valence-electron chi connectivity index (χ0n) is 19.4. The number of ether oxygens (including phenoxy) is 2. The van der Waals surface area contributed by atoms with Crippen molar-refractivity contribution in [3.8, 4) is 5.75 Å². The van der Waals surface area contributed by atoms with Crippen LogP contribution in [0.4, 0.5) is 5.69 Å². The quantitative estimate of drug-likeness (QED) is 0.311. The molecule has 2 amide bonds. The predicted molar refractivity (Wildman–Crippen MR) is 130 cm³/mol. The fourth-order valence-electron chi connectivity index (χ4n) is 3.91. The number of hydrogen-bond acceptors (Lipinski definition) is 7. The third-order valence-corrected chi connectivity index (χ3v) is 6.62. The van der Waals surface area contributed by atoms with Crippen molar-refractivity contribution >= 4 is 30.0 Å². The van der Waals surface area contributed by atoms with Crippen LogP contribution in [0.15, 0.2) is 18.2 Å². The Balaban J connectivity index is 0.000000336. The van der Waals surface area contributed by atoms with E-state index in [1.807, 2.05) is 6.07 Å². The molecular weight excluding hydrogens is 428 g/mol. The maximum Gasteiger partial charge on any atom is 0.257 e. The second-order valence-electron chi connectivity index (χ2n) is 8.02. The highest BCUT2D eigenvalue weighted by molar-refractivity contribution is 8.00. The Bertz CT molecular complexity index is 693. The number of rotatable bonds is 10. The number of nitrogens with two attached hydrogens (primary N) is 1. The molecule has 1 heterocycles. The molecule has 1 aliphatic heterocycles. The highest BCUT2D eigenvalue weighted by Crippen LogP contribution is 2.27. The Hall–Kier alpha value is -1.97. The van der Waals surface area contributed by atoms with Gasteiger partial charge in [0.05, 0.1) is 12.7 Å². The number of anilines is 1. The lowest BCUT2D eigenvalue weighted by molar-refractivity contribution is -0.119. The molecule has 1 aliphatic carbocycles. The molecule has 3 rings (SSSR count). The van der Waals surface area contributed by atoms with Crippen LogP contribution in [0.2, 0.25) is 0 Å². The number of carbonyl (C=O) groups is 2. The van der Waals surface area contributed by atoms with Crippen LogP contribution >= 0.6 is 11.9 Å². The van der Waals surface area contributed by atoms with E-state index in [2.05, 4.69) is 4.72 Å². The van der Waals surface area contributed by atoms with Crippen LogP contribution in [0.25, 0.3) is 0 Å². The molecule has 0 spiro atoms. The van der Waals surface area contributed by atoms with E-state index in [9.17, 15) is 9.59 Å². The molecule has 1 aromatic carbocycles. The van der Waals surface area contributed by atoms with Crippen molar-refractivity contribution in [3.63, 3.8) is 0 Å². The summed E-state index contributed by atoms with van der Waals surface area (Å²) in [6.45, 7) is 3.75. The lowest BCUT2D eigenvalue weighted by Gasteiger charge is -2.32. The van der Waals surface area contributed by atoms with Crippen molar-refractivity contribution in [2.75, 3.05) is 64.0 Å². The SMILES string of the molecule is COCCC1CCCC1.COc1cc(NSCCN)ccc1C(=O)N1CCN(C=O)CC1. The maximum atomic E-state index is 12.6. The predicted octanol–water partition coefficient (Wildman–Crippen LogP) is 2.84. The van der Waals surface area contributed by atoms with Crippen molar-refractivity contribution < 1.29 is 19.1 Å². The van der Waals surface area contributed by atoms with Crippen LogP contribution in [-0.4, -0.2) is 81.4 Å². The Kier molecular flexibility index (Phi) is 12.3. The average molecular weight is 467 g/mol. The van der Waals surface area contributed by atoms with Crippen LogP contribution in [0.3, 0.4) is 0 Å². The summed E-state index contributed by atoms with van der Waals surface area (Å²) >= 11 is 1.51. The van der Waals surface area contributed by atoms with Gasteiger partial charge in [-0.05, 0) is 24.5 Å². The number of benzene rings is 1. The molecule has 2 fully saturated rings. The minimum atomic E-state index is -0.0754. The molecule has 1 saturated heterocycles. The van der Waals surface area contributed by atoms with Crippen molar-refractivity contribution in [3.05, 3.63) is 23.8 Å². The number of amides is 2. The average Bonchev–Trinajstić information content (AvgIpc) is 3.36. The molecule has 0 bridgehead atoms. The Morgan fingerprint density at radius 1 is 1.22 bits per heavy atom. The third-order valence-electron chi connectivity index (χ3n) is 5.80. The summed E-state index contributed by atoms with van der Waals surface area (Å²) in [5, 5.41) is 0. The van der Waals surface area contributed by atoms with Crippen LogP contribution in [0.1, 0.15) is 42.5 Å². The van der Waals surface area contributed by atoms with E-state index in [0.29, 0.717) is 44.0 Å². The number of nitrogens with zero attached hydrogens (tertiary/aromatic N) is 2. The van der Waals surface area contributed by atoms with E-state index in [-0.39, 0.29) is 5.91 Å². The monoisotopic (exact) mass is 466 g/mol. The number of nitrogens with one attached hydrogen (secondary N) is 1. The summed E-state index contributed by atoms with van der Waals surface area (Å²) in [5.41, 5.74) is 6.85.